The highest BCUT2D eigenvalue weighted by Gasteiger charge is 2.29. The van der Waals surface area contributed by atoms with Crippen molar-refractivity contribution in [3.63, 3.8) is 0 Å². The van der Waals surface area contributed by atoms with E-state index < -0.39 is 0 Å². The summed E-state index contributed by atoms with van der Waals surface area (Å²) in [5.41, 5.74) is 5.81. The summed E-state index contributed by atoms with van der Waals surface area (Å²) in [5, 5.41) is 10.2. The van der Waals surface area contributed by atoms with Gasteiger partial charge in [0.15, 0.2) is 0 Å². The van der Waals surface area contributed by atoms with Gasteiger partial charge < -0.3 is 10.2 Å². The molecule has 1 fully saturated rings. The number of hydrogen-bond donors (Lipinski definition) is 2. The molecule has 1 aliphatic rings. The lowest BCUT2D eigenvalue weighted by atomic mass is 10.0. The molecule has 0 saturated heterocycles. The van der Waals surface area contributed by atoms with Gasteiger partial charge in [-0.25, -0.2) is 0 Å². The van der Waals surface area contributed by atoms with E-state index in [1.165, 1.54) is 0 Å². The van der Waals surface area contributed by atoms with Crippen molar-refractivity contribution in [2.75, 3.05) is 5.32 Å². The molecule has 0 bridgehead atoms. The minimum atomic E-state index is -0.183. The van der Waals surface area contributed by atoms with Crippen LogP contribution >= 0.6 is 0 Å². The highest BCUT2D eigenvalue weighted by Crippen LogP contribution is 2.39. The molecule has 17 heavy (non-hydrogen) atoms. The summed E-state index contributed by atoms with van der Waals surface area (Å²) >= 11 is 0. The van der Waals surface area contributed by atoms with Crippen molar-refractivity contribution in [3.05, 3.63) is 5.89 Å². The lowest BCUT2D eigenvalue weighted by molar-refractivity contribution is -0.116. The second kappa shape index (κ2) is 4.83. The zero-order chi connectivity index (χ0) is 12.4. The first-order chi connectivity index (χ1) is 8.06. The quantitative estimate of drug-likeness (QED) is 0.805. The molecule has 1 aromatic heterocycles. The Labute approximate surface area is 100.0 Å². The molecular formula is C11H18N4O2. The highest BCUT2D eigenvalue weighted by atomic mass is 16.4. The predicted octanol–water partition coefficient (Wildman–Crippen LogP) is 1.26. The van der Waals surface area contributed by atoms with Gasteiger partial charge in [0.05, 0.1) is 0 Å². The van der Waals surface area contributed by atoms with E-state index in [-0.39, 0.29) is 30.3 Å². The lowest BCUT2D eigenvalue weighted by Gasteiger charge is -2.13. The number of anilines is 1. The summed E-state index contributed by atoms with van der Waals surface area (Å²) in [6.45, 7) is 3.96. The first kappa shape index (κ1) is 12.0. The number of hydrogen-bond acceptors (Lipinski definition) is 5. The molecule has 94 valence electrons. The molecule has 1 saturated carbocycles. The van der Waals surface area contributed by atoms with Crippen molar-refractivity contribution >= 4 is 11.9 Å². The van der Waals surface area contributed by atoms with Crippen molar-refractivity contribution in [2.45, 2.75) is 45.1 Å². The van der Waals surface area contributed by atoms with Gasteiger partial charge in [-0.15, -0.1) is 5.10 Å². The minimum absolute atomic E-state index is 0.152. The van der Waals surface area contributed by atoms with Gasteiger partial charge in [0.25, 0.3) is 0 Å². The number of carbonyl (C=O) groups is 1. The fraction of sp³-hybridized carbons (Fsp3) is 0.727. The van der Waals surface area contributed by atoms with Crippen LogP contribution < -0.4 is 11.1 Å². The van der Waals surface area contributed by atoms with Gasteiger partial charge in [-0.3, -0.25) is 10.1 Å². The zero-order valence-electron chi connectivity index (χ0n) is 10.1. The fourth-order valence-corrected chi connectivity index (χ4v) is 1.40. The van der Waals surface area contributed by atoms with Crippen molar-refractivity contribution in [3.8, 4) is 0 Å². The fourth-order valence-electron chi connectivity index (χ4n) is 1.40. The van der Waals surface area contributed by atoms with Gasteiger partial charge in [0, 0.05) is 18.4 Å². The Kier molecular flexibility index (Phi) is 3.42. The maximum absolute atomic E-state index is 11.6. The first-order valence-electron chi connectivity index (χ1n) is 5.95. The largest absolute Gasteiger partial charge is 0.408 e. The van der Waals surface area contributed by atoms with Crippen molar-refractivity contribution < 1.29 is 9.21 Å². The highest BCUT2D eigenvalue weighted by molar-refractivity contribution is 5.88. The van der Waals surface area contributed by atoms with E-state index in [0.29, 0.717) is 11.8 Å². The van der Waals surface area contributed by atoms with Crippen molar-refractivity contribution in [1.82, 2.24) is 10.2 Å². The summed E-state index contributed by atoms with van der Waals surface area (Å²) in [7, 11) is 0. The van der Waals surface area contributed by atoms with Gasteiger partial charge in [0.1, 0.15) is 0 Å². The molecular weight excluding hydrogens is 220 g/mol. The van der Waals surface area contributed by atoms with E-state index in [4.69, 9.17) is 10.2 Å². The number of nitrogens with two attached hydrogens (primary N) is 1. The SMILES string of the molecule is CC(C)C(N)CC(=O)Nc1nnc(C2CC2)o1. The van der Waals surface area contributed by atoms with E-state index in [9.17, 15) is 4.79 Å². The molecule has 6 nitrogen and oxygen atoms in total. The van der Waals surface area contributed by atoms with E-state index in [1.807, 2.05) is 13.8 Å². The number of aromatic nitrogens is 2. The number of nitrogens with zero attached hydrogens (tertiary/aromatic N) is 2. The average molecular weight is 238 g/mol. The molecule has 1 aromatic rings. The number of nitrogens with one attached hydrogen (secondary N) is 1. The molecule has 1 heterocycles. The van der Waals surface area contributed by atoms with Crippen LogP contribution in [-0.2, 0) is 4.79 Å². The van der Waals surface area contributed by atoms with Gasteiger partial charge in [-0.2, -0.15) is 0 Å². The van der Waals surface area contributed by atoms with E-state index in [1.54, 1.807) is 0 Å². The van der Waals surface area contributed by atoms with Gasteiger partial charge in [-0.05, 0) is 18.8 Å². The van der Waals surface area contributed by atoms with Crippen LogP contribution in [0.4, 0.5) is 6.01 Å². The first-order valence-corrected chi connectivity index (χ1v) is 5.95. The molecule has 6 heteroatoms. The monoisotopic (exact) mass is 238 g/mol. The Morgan fingerprint density at radius 3 is 2.82 bits per heavy atom. The summed E-state index contributed by atoms with van der Waals surface area (Å²) in [6, 6.07) is 0.0219. The number of rotatable bonds is 5. The maximum Gasteiger partial charge on any atom is 0.322 e. The molecule has 2 rings (SSSR count). The summed E-state index contributed by atoms with van der Waals surface area (Å²) < 4.78 is 5.33. The smallest absolute Gasteiger partial charge is 0.322 e. The van der Waals surface area contributed by atoms with Crippen LogP contribution in [0.2, 0.25) is 0 Å². The Hall–Kier alpha value is -1.43. The average Bonchev–Trinajstić information content (AvgIpc) is 3.00. The van der Waals surface area contributed by atoms with Crippen LogP contribution in [0.1, 0.15) is 44.9 Å². The van der Waals surface area contributed by atoms with Gasteiger partial charge in [-0.1, -0.05) is 18.9 Å². The summed E-state index contributed by atoms with van der Waals surface area (Å²) in [6.07, 6.45) is 2.44. The summed E-state index contributed by atoms with van der Waals surface area (Å²) in [4.78, 5) is 11.6. The maximum atomic E-state index is 11.6. The second-order valence-electron chi connectivity index (χ2n) is 4.88. The number of carbonyl (C=O) groups excluding carboxylic acids is 1. The van der Waals surface area contributed by atoms with Gasteiger partial charge in [0.2, 0.25) is 11.8 Å². The zero-order valence-corrected chi connectivity index (χ0v) is 10.1. The standard InChI is InChI=1S/C11H18N4O2/c1-6(2)8(12)5-9(16)13-11-15-14-10(17-11)7-3-4-7/h6-8H,3-5,12H2,1-2H3,(H,13,15,16). The molecule has 0 aliphatic heterocycles. The topological polar surface area (TPSA) is 94.0 Å². The van der Waals surface area contributed by atoms with Crippen LogP contribution in [0.15, 0.2) is 4.42 Å². The molecule has 3 N–H and O–H groups in total. The van der Waals surface area contributed by atoms with Crippen LogP contribution in [0.5, 0.6) is 0 Å². The van der Waals surface area contributed by atoms with E-state index in [2.05, 4.69) is 15.5 Å². The third-order valence-electron chi connectivity index (χ3n) is 2.89. The number of amides is 1. The Bertz CT molecular complexity index is 398. The van der Waals surface area contributed by atoms with Crippen LogP contribution in [0.25, 0.3) is 0 Å². The van der Waals surface area contributed by atoms with Crippen LogP contribution in [0.3, 0.4) is 0 Å². The molecule has 0 radical (unpaired) electrons. The second-order valence-corrected chi connectivity index (χ2v) is 4.88. The van der Waals surface area contributed by atoms with Crippen molar-refractivity contribution in [2.24, 2.45) is 11.7 Å². The molecule has 0 aromatic carbocycles. The normalized spacial score (nSPS) is 17.2. The Morgan fingerprint density at radius 2 is 2.24 bits per heavy atom. The Balaban J connectivity index is 1.84. The predicted molar refractivity (Wildman–Crippen MR) is 62.3 cm³/mol. The molecule has 1 amide bonds. The van der Waals surface area contributed by atoms with Crippen LogP contribution in [0, 0.1) is 5.92 Å². The summed E-state index contributed by atoms with van der Waals surface area (Å²) in [5.74, 6) is 1.10. The molecule has 0 spiro atoms. The van der Waals surface area contributed by atoms with Crippen molar-refractivity contribution in [1.29, 1.82) is 0 Å². The molecule has 1 unspecified atom stereocenters. The minimum Gasteiger partial charge on any atom is -0.408 e. The Morgan fingerprint density at radius 1 is 1.53 bits per heavy atom. The third kappa shape index (κ3) is 3.26. The molecule has 1 aliphatic carbocycles. The van der Waals surface area contributed by atoms with Gasteiger partial charge >= 0.3 is 6.01 Å². The lowest BCUT2D eigenvalue weighted by Crippen LogP contribution is -2.31. The van der Waals surface area contributed by atoms with Crippen LogP contribution in [-0.4, -0.2) is 22.1 Å². The van der Waals surface area contributed by atoms with E-state index in [0.717, 1.165) is 12.8 Å². The van der Waals surface area contributed by atoms with E-state index >= 15 is 0 Å². The molecule has 1 atom stereocenters. The third-order valence-corrected chi connectivity index (χ3v) is 2.89.